The van der Waals surface area contributed by atoms with Gasteiger partial charge in [-0.2, -0.15) is 0 Å². The van der Waals surface area contributed by atoms with Crippen LogP contribution in [0.5, 0.6) is 0 Å². The van der Waals surface area contributed by atoms with E-state index in [0.717, 1.165) is 10.2 Å². The number of nitrogens with one attached hydrogen (secondary N) is 1. The average molecular weight is 385 g/mol. The largest absolute Gasteiger partial charge is 0.383 e. The predicted octanol–water partition coefficient (Wildman–Crippen LogP) is 2.81. The maximum Gasteiger partial charge on any atom is 0.237 e. The Morgan fingerprint density at radius 1 is 1.45 bits per heavy atom. The van der Waals surface area contributed by atoms with Crippen LogP contribution in [0.2, 0.25) is 0 Å². The molecule has 0 aliphatic rings. The van der Waals surface area contributed by atoms with Crippen LogP contribution >= 0.6 is 27.7 Å². The van der Waals surface area contributed by atoms with Crippen LogP contribution in [0, 0.1) is 0 Å². The summed E-state index contributed by atoms with van der Waals surface area (Å²) in [6.07, 6.45) is 1.64. The van der Waals surface area contributed by atoms with E-state index in [1.165, 1.54) is 11.8 Å². The van der Waals surface area contributed by atoms with Crippen LogP contribution < -0.4 is 5.32 Å². The lowest BCUT2D eigenvalue weighted by Gasteiger charge is -2.12. The number of nitrogens with zero attached hydrogens (tertiary/aromatic N) is 3. The van der Waals surface area contributed by atoms with Crippen LogP contribution in [0.1, 0.15) is 6.92 Å². The van der Waals surface area contributed by atoms with E-state index in [-0.39, 0.29) is 11.2 Å². The molecule has 1 N–H and O–H groups in total. The van der Waals surface area contributed by atoms with Gasteiger partial charge in [-0.25, -0.2) is 0 Å². The number of hydrogen-bond acceptors (Lipinski definition) is 5. The molecule has 0 aliphatic carbocycles. The molecule has 0 bridgehead atoms. The Hall–Kier alpha value is -1.38. The lowest BCUT2D eigenvalue weighted by atomic mass is 10.3. The third kappa shape index (κ3) is 4.82. The number of rotatable bonds is 7. The maximum atomic E-state index is 12.2. The quantitative estimate of drug-likeness (QED) is 0.743. The van der Waals surface area contributed by atoms with E-state index in [4.69, 9.17) is 4.74 Å². The fourth-order valence-corrected chi connectivity index (χ4v) is 2.78. The van der Waals surface area contributed by atoms with Crippen molar-refractivity contribution in [1.82, 2.24) is 14.8 Å². The van der Waals surface area contributed by atoms with E-state index in [9.17, 15) is 4.79 Å². The van der Waals surface area contributed by atoms with Crippen molar-refractivity contribution in [2.24, 2.45) is 0 Å². The highest BCUT2D eigenvalue weighted by Crippen LogP contribution is 2.22. The van der Waals surface area contributed by atoms with Gasteiger partial charge in [0.1, 0.15) is 6.33 Å². The van der Waals surface area contributed by atoms with Gasteiger partial charge in [0.25, 0.3) is 0 Å². The predicted molar refractivity (Wildman–Crippen MR) is 90.0 cm³/mol. The number of halogens is 1. The van der Waals surface area contributed by atoms with E-state index in [1.807, 2.05) is 35.8 Å². The molecule has 1 heterocycles. The summed E-state index contributed by atoms with van der Waals surface area (Å²) in [7, 11) is 1.64. The molecule has 0 saturated carbocycles. The summed E-state index contributed by atoms with van der Waals surface area (Å²) in [5.41, 5.74) is 0.765. The molecule has 2 aromatic rings. The highest BCUT2D eigenvalue weighted by molar-refractivity contribution is 9.10. The Bertz CT molecular complexity index is 618. The third-order valence-electron chi connectivity index (χ3n) is 2.88. The second-order valence-corrected chi connectivity index (χ2v) is 6.78. The van der Waals surface area contributed by atoms with Crippen LogP contribution in [0.4, 0.5) is 5.69 Å². The Labute approximate surface area is 141 Å². The second kappa shape index (κ2) is 8.30. The van der Waals surface area contributed by atoms with Crippen LogP contribution in [0.15, 0.2) is 40.2 Å². The number of aromatic nitrogens is 3. The molecular weight excluding hydrogens is 368 g/mol. The minimum atomic E-state index is -0.283. The van der Waals surface area contributed by atoms with Crippen molar-refractivity contribution < 1.29 is 9.53 Å². The molecule has 1 unspecified atom stereocenters. The molecule has 2 rings (SSSR count). The average Bonchev–Trinajstić information content (AvgIpc) is 2.94. The number of ether oxygens (including phenoxy) is 1. The topological polar surface area (TPSA) is 69.0 Å². The lowest BCUT2D eigenvalue weighted by molar-refractivity contribution is -0.115. The molecule has 0 radical (unpaired) electrons. The summed E-state index contributed by atoms with van der Waals surface area (Å²) >= 11 is 4.73. The Balaban J connectivity index is 1.93. The highest BCUT2D eigenvalue weighted by Gasteiger charge is 2.18. The fraction of sp³-hybridized carbons (Fsp3) is 0.357. The van der Waals surface area contributed by atoms with Crippen molar-refractivity contribution in [1.29, 1.82) is 0 Å². The molecule has 0 spiro atoms. The summed E-state index contributed by atoms with van der Waals surface area (Å²) in [6.45, 7) is 3.08. The minimum Gasteiger partial charge on any atom is -0.383 e. The number of anilines is 1. The van der Waals surface area contributed by atoms with Crippen molar-refractivity contribution in [2.45, 2.75) is 23.9 Å². The van der Waals surface area contributed by atoms with E-state index < -0.39 is 0 Å². The molecule has 0 aliphatic heterocycles. The van der Waals surface area contributed by atoms with Gasteiger partial charge in [-0.05, 0) is 31.2 Å². The molecule has 22 heavy (non-hydrogen) atoms. The molecular formula is C14H17BrN4O2S. The summed E-state index contributed by atoms with van der Waals surface area (Å²) in [5, 5.41) is 11.2. The van der Waals surface area contributed by atoms with Crippen LogP contribution in [0.25, 0.3) is 0 Å². The number of carbonyl (C=O) groups excluding carboxylic acids is 1. The summed E-state index contributed by atoms with van der Waals surface area (Å²) in [4.78, 5) is 12.2. The zero-order chi connectivity index (χ0) is 15.9. The van der Waals surface area contributed by atoms with Gasteiger partial charge in [-0.15, -0.1) is 10.2 Å². The first kappa shape index (κ1) is 17.0. The number of amides is 1. The molecule has 1 aromatic carbocycles. The number of hydrogen-bond donors (Lipinski definition) is 1. The van der Waals surface area contributed by atoms with Gasteiger partial charge in [-0.3, -0.25) is 4.79 Å². The third-order valence-corrected chi connectivity index (χ3v) is 4.50. The fourth-order valence-electron chi connectivity index (χ4n) is 1.67. The summed E-state index contributed by atoms with van der Waals surface area (Å²) in [6, 6.07) is 7.46. The van der Waals surface area contributed by atoms with Gasteiger partial charge in [0, 0.05) is 23.8 Å². The first-order chi connectivity index (χ1) is 10.6. The lowest BCUT2D eigenvalue weighted by Crippen LogP contribution is -2.23. The van der Waals surface area contributed by atoms with Gasteiger partial charge in [-0.1, -0.05) is 27.7 Å². The zero-order valence-corrected chi connectivity index (χ0v) is 14.7. The van der Waals surface area contributed by atoms with E-state index in [2.05, 4.69) is 31.4 Å². The summed E-state index contributed by atoms with van der Waals surface area (Å²) in [5.74, 6) is -0.0754. The van der Waals surface area contributed by atoms with E-state index in [0.29, 0.717) is 18.3 Å². The van der Waals surface area contributed by atoms with Crippen LogP contribution in [-0.4, -0.2) is 39.6 Å². The first-order valence-corrected chi connectivity index (χ1v) is 8.37. The number of benzene rings is 1. The molecule has 1 atom stereocenters. The van der Waals surface area contributed by atoms with Gasteiger partial charge >= 0.3 is 0 Å². The van der Waals surface area contributed by atoms with E-state index >= 15 is 0 Å². The molecule has 8 heteroatoms. The molecule has 1 amide bonds. The van der Waals surface area contributed by atoms with E-state index in [1.54, 1.807) is 13.4 Å². The SMILES string of the molecule is COCCn1cnnc1SC(C)C(=O)Nc1ccc(Br)cc1. The van der Waals surface area contributed by atoms with Gasteiger partial charge in [0.15, 0.2) is 5.16 Å². The van der Waals surface area contributed by atoms with Crippen molar-refractivity contribution >= 4 is 39.3 Å². The van der Waals surface area contributed by atoms with Gasteiger partial charge in [0.05, 0.1) is 11.9 Å². The summed E-state index contributed by atoms with van der Waals surface area (Å²) < 4.78 is 7.89. The smallest absolute Gasteiger partial charge is 0.237 e. The zero-order valence-electron chi connectivity index (χ0n) is 12.3. The maximum absolute atomic E-state index is 12.2. The number of carbonyl (C=O) groups is 1. The van der Waals surface area contributed by atoms with Crippen molar-refractivity contribution in [3.63, 3.8) is 0 Å². The monoisotopic (exact) mass is 384 g/mol. The first-order valence-electron chi connectivity index (χ1n) is 6.70. The highest BCUT2D eigenvalue weighted by atomic mass is 79.9. The van der Waals surface area contributed by atoms with Crippen molar-refractivity contribution in [3.05, 3.63) is 35.1 Å². The second-order valence-electron chi connectivity index (χ2n) is 4.56. The number of thioether (sulfide) groups is 1. The van der Waals surface area contributed by atoms with Crippen LogP contribution in [-0.2, 0) is 16.1 Å². The van der Waals surface area contributed by atoms with Crippen molar-refractivity contribution in [3.8, 4) is 0 Å². The minimum absolute atomic E-state index is 0.0754. The molecule has 1 aromatic heterocycles. The Kier molecular flexibility index (Phi) is 6.41. The Morgan fingerprint density at radius 2 is 2.18 bits per heavy atom. The Morgan fingerprint density at radius 3 is 2.86 bits per heavy atom. The molecule has 118 valence electrons. The van der Waals surface area contributed by atoms with Gasteiger partial charge in [0.2, 0.25) is 5.91 Å². The standard InChI is InChI=1S/C14H17BrN4O2S/c1-10(13(20)17-12-5-3-11(15)4-6-12)22-14-18-16-9-19(14)7-8-21-2/h3-6,9-10H,7-8H2,1-2H3,(H,17,20). The number of methoxy groups -OCH3 is 1. The normalized spacial score (nSPS) is 12.1. The van der Waals surface area contributed by atoms with Gasteiger partial charge < -0.3 is 14.6 Å². The molecule has 0 fully saturated rings. The van der Waals surface area contributed by atoms with Crippen molar-refractivity contribution in [2.75, 3.05) is 19.0 Å². The van der Waals surface area contributed by atoms with Crippen LogP contribution in [0.3, 0.4) is 0 Å². The molecule has 0 saturated heterocycles. The molecule has 6 nitrogen and oxygen atoms in total.